The number of amides is 1. The van der Waals surface area contributed by atoms with Gasteiger partial charge in [-0.2, -0.15) is 0 Å². The smallest absolute Gasteiger partial charge is 0.268 e. The maximum absolute atomic E-state index is 12.3. The molecule has 6 heteroatoms. The van der Waals surface area contributed by atoms with E-state index in [0.29, 0.717) is 15.6 Å². The van der Waals surface area contributed by atoms with Crippen molar-refractivity contribution < 1.29 is 9.90 Å². The number of fused-ring (bicyclic) bond motifs is 1. The highest BCUT2D eigenvalue weighted by molar-refractivity contribution is 7.16. The minimum Gasteiger partial charge on any atom is -0.384 e. The summed E-state index contributed by atoms with van der Waals surface area (Å²) in [5.41, 5.74) is 1.78. The molecule has 0 spiro atoms. The zero-order chi connectivity index (χ0) is 14.7. The number of aliphatic hydroxyl groups excluding tert-OH is 1. The van der Waals surface area contributed by atoms with Crippen LogP contribution in [0.5, 0.6) is 0 Å². The van der Waals surface area contributed by atoms with E-state index in [1.807, 2.05) is 5.38 Å². The van der Waals surface area contributed by atoms with E-state index in [1.165, 1.54) is 29.1 Å². The molecule has 0 atom stereocenters. The molecule has 3 rings (SSSR count). The van der Waals surface area contributed by atoms with E-state index in [9.17, 15) is 4.79 Å². The molecular formula is C15H14N2O2S2. The number of hydrogen-bond donors (Lipinski definition) is 2. The van der Waals surface area contributed by atoms with Crippen LogP contribution in [0.25, 0.3) is 0 Å². The Morgan fingerprint density at radius 2 is 2.29 bits per heavy atom. The number of anilines is 1. The van der Waals surface area contributed by atoms with E-state index >= 15 is 0 Å². The van der Waals surface area contributed by atoms with E-state index < -0.39 is 0 Å². The molecule has 108 valence electrons. The molecule has 0 saturated heterocycles. The number of aromatic nitrogens is 1. The Morgan fingerprint density at radius 1 is 1.43 bits per heavy atom. The van der Waals surface area contributed by atoms with Gasteiger partial charge in [-0.1, -0.05) is 11.8 Å². The number of aryl methyl sites for hydroxylation is 2. The third kappa shape index (κ3) is 3.16. The van der Waals surface area contributed by atoms with Crippen molar-refractivity contribution in [2.24, 2.45) is 0 Å². The number of nitrogens with one attached hydrogen (secondary N) is 1. The van der Waals surface area contributed by atoms with E-state index in [0.717, 1.165) is 18.5 Å². The van der Waals surface area contributed by atoms with Crippen molar-refractivity contribution >= 4 is 33.7 Å². The van der Waals surface area contributed by atoms with Crippen LogP contribution in [0.4, 0.5) is 5.13 Å². The van der Waals surface area contributed by atoms with E-state index in [4.69, 9.17) is 5.11 Å². The second-order valence-corrected chi connectivity index (χ2v) is 6.67. The van der Waals surface area contributed by atoms with Crippen LogP contribution < -0.4 is 5.32 Å². The lowest BCUT2D eigenvalue weighted by Gasteiger charge is -2.06. The summed E-state index contributed by atoms with van der Waals surface area (Å²) in [6.45, 7) is -0.212. The number of thiazole rings is 1. The van der Waals surface area contributed by atoms with Crippen molar-refractivity contribution in [3.05, 3.63) is 32.5 Å². The van der Waals surface area contributed by atoms with Gasteiger partial charge < -0.3 is 5.11 Å². The van der Waals surface area contributed by atoms with Gasteiger partial charge in [0.1, 0.15) is 11.5 Å². The second kappa shape index (κ2) is 6.39. The fourth-order valence-electron chi connectivity index (χ4n) is 2.28. The zero-order valence-electron chi connectivity index (χ0n) is 11.3. The number of carbonyl (C=O) groups is 1. The van der Waals surface area contributed by atoms with Crippen molar-refractivity contribution in [2.75, 3.05) is 11.9 Å². The van der Waals surface area contributed by atoms with Crippen LogP contribution in [-0.4, -0.2) is 22.6 Å². The van der Waals surface area contributed by atoms with Gasteiger partial charge in [0.05, 0.1) is 5.69 Å². The third-order valence-corrected chi connectivity index (χ3v) is 5.23. The Hall–Kier alpha value is -1.68. The molecule has 2 N–H and O–H groups in total. The van der Waals surface area contributed by atoms with Crippen molar-refractivity contribution in [3.63, 3.8) is 0 Å². The zero-order valence-corrected chi connectivity index (χ0v) is 12.9. The average molecular weight is 318 g/mol. The van der Waals surface area contributed by atoms with Gasteiger partial charge in [-0.05, 0) is 37.1 Å². The summed E-state index contributed by atoms with van der Waals surface area (Å²) in [6, 6.07) is 1.79. The minimum atomic E-state index is -0.212. The molecule has 0 radical (unpaired) electrons. The van der Waals surface area contributed by atoms with Crippen LogP contribution in [0.1, 0.15) is 38.6 Å². The Balaban J connectivity index is 1.77. The summed E-state index contributed by atoms with van der Waals surface area (Å²) in [5, 5.41) is 14.1. The molecule has 2 heterocycles. The largest absolute Gasteiger partial charge is 0.384 e. The lowest BCUT2D eigenvalue weighted by molar-refractivity contribution is 0.103. The van der Waals surface area contributed by atoms with E-state index in [2.05, 4.69) is 22.1 Å². The summed E-state index contributed by atoms with van der Waals surface area (Å²) in [7, 11) is 0. The van der Waals surface area contributed by atoms with Gasteiger partial charge >= 0.3 is 0 Å². The first-order valence-electron chi connectivity index (χ1n) is 6.75. The molecule has 2 aromatic heterocycles. The highest BCUT2D eigenvalue weighted by Crippen LogP contribution is 2.30. The van der Waals surface area contributed by atoms with E-state index in [-0.39, 0.29) is 12.5 Å². The fraction of sp³-hybridized carbons (Fsp3) is 0.333. The van der Waals surface area contributed by atoms with Crippen LogP contribution in [0.15, 0.2) is 11.4 Å². The van der Waals surface area contributed by atoms with Crippen LogP contribution >= 0.6 is 22.7 Å². The highest BCUT2D eigenvalue weighted by Gasteiger charge is 2.18. The Morgan fingerprint density at radius 3 is 3.10 bits per heavy atom. The number of thiophene rings is 1. The summed E-state index contributed by atoms with van der Waals surface area (Å²) in [4.78, 5) is 18.7. The standard InChI is InChI=1S/C15H14N2O2S2/c18-8-3-4-10-7-9-20-13(10)14(19)17-15-16-11-5-1-2-6-12(11)21-15/h7,9,18H,1-2,5-6,8H2,(H,16,17,19). The predicted molar refractivity (Wildman–Crippen MR) is 85.0 cm³/mol. The Bertz CT molecular complexity index is 698. The number of nitrogens with zero attached hydrogens (tertiary/aromatic N) is 1. The minimum absolute atomic E-state index is 0.182. The molecule has 21 heavy (non-hydrogen) atoms. The number of rotatable bonds is 2. The van der Waals surface area contributed by atoms with Crippen LogP contribution in [0.2, 0.25) is 0 Å². The monoisotopic (exact) mass is 318 g/mol. The molecule has 0 saturated carbocycles. The molecule has 1 aliphatic rings. The van der Waals surface area contributed by atoms with Gasteiger partial charge in [0.25, 0.3) is 5.91 Å². The third-order valence-electron chi connectivity index (χ3n) is 3.24. The molecular weight excluding hydrogens is 304 g/mol. The molecule has 0 unspecified atom stereocenters. The summed E-state index contributed by atoms with van der Waals surface area (Å²) in [6.07, 6.45) is 4.45. The summed E-state index contributed by atoms with van der Waals surface area (Å²) in [5.74, 6) is 5.18. The van der Waals surface area contributed by atoms with Crippen LogP contribution in [-0.2, 0) is 12.8 Å². The molecule has 1 aliphatic carbocycles. The van der Waals surface area contributed by atoms with Crippen LogP contribution in [0.3, 0.4) is 0 Å². The molecule has 0 aliphatic heterocycles. The average Bonchev–Trinajstić information content (AvgIpc) is 3.10. The number of aliphatic hydroxyl groups is 1. The summed E-state index contributed by atoms with van der Waals surface area (Å²) >= 11 is 2.91. The van der Waals surface area contributed by atoms with Crippen molar-refractivity contribution in [1.29, 1.82) is 0 Å². The Labute approximate surface area is 130 Å². The quantitative estimate of drug-likeness (QED) is 0.837. The van der Waals surface area contributed by atoms with Gasteiger partial charge in [-0.15, -0.1) is 22.7 Å². The SMILES string of the molecule is O=C(Nc1nc2c(s1)CCCC2)c1sccc1C#CCO. The van der Waals surface area contributed by atoms with Gasteiger partial charge in [-0.25, -0.2) is 4.98 Å². The topological polar surface area (TPSA) is 62.2 Å². The normalized spacial score (nSPS) is 13.2. The molecule has 0 fully saturated rings. The maximum Gasteiger partial charge on any atom is 0.268 e. The second-order valence-electron chi connectivity index (χ2n) is 4.67. The van der Waals surface area contributed by atoms with E-state index in [1.54, 1.807) is 17.4 Å². The lowest BCUT2D eigenvalue weighted by Crippen LogP contribution is -2.11. The molecule has 4 nitrogen and oxygen atoms in total. The number of carbonyl (C=O) groups excluding carboxylic acids is 1. The summed E-state index contributed by atoms with van der Waals surface area (Å²) < 4.78 is 0. The molecule has 0 bridgehead atoms. The van der Waals surface area contributed by atoms with Gasteiger partial charge in [-0.3, -0.25) is 10.1 Å². The first-order valence-corrected chi connectivity index (χ1v) is 8.44. The molecule has 2 aromatic rings. The van der Waals surface area contributed by atoms with Crippen molar-refractivity contribution in [2.45, 2.75) is 25.7 Å². The van der Waals surface area contributed by atoms with Gasteiger partial charge in [0, 0.05) is 10.4 Å². The van der Waals surface area contributed by atoms with Gasteiger partial charge in [0.15, 0.2) is 5.13 Å². The first kappa shape index (κ1) is 14.3. The fourth-order valence-corrected chi connectivity index (χ4v) is 4.07. The van der Waals surface area contributed by atoms with Crippen LogP contribution in [0, 0.1) is 11.8 Å². The van der Waals surface area contributed by atoms with Gasteiger partial charge in [0.2, 0.25) is 0 Å². The number of hydrogen-bond acceptors (Lipinski definition) is 5. The Kier molecular flexibility index (Phi) is 4.34. The molecule has 0 aromatic carbocycles. The molecule has 1 amide bonds. The highest BCUT2D eigenvalue weighted by atomic mass is 32.1. The lowest BCUT2D eigenvalue weighted by atomic mass is 10.0. The maximum atomic E-state index is 12.3. The first-order chi connectivity index (χ1) is 10.3. The van der Waals surface area contributed by atoms with Crippen molar-refractivity contribution in [3.8, 4) is 11.8 Å². The van der Waals surface area contributed by atoms with Crippen molar-refractivity contribution in [1.82, 2.24) is 4.98 Å². The predicted octanol–water partition coefficient (Wildman–Crippen LogP) is 2.68.